The summed E-state index contributed by atoms with van der Waals surface area (Å²) < 4.78 is 0. The Morgan fingerprint density at radius 2 is 1.87 bits per heavy atom. The number of piperidine rings is 1. The van der Waals surface area contributed by atoms with Crippen molar-refractivity contribution in [3.8, 4) is 0 Å². The maximum absolute atomic E-state index is 4.42. The predicted octanol–water partition coefficient (Wildman–Crippen LogP) is 3.31. The molecule has 1 rings (SSSR count). The van der Waals surface area contributed by atoms with E-state index in [-0.39, 0.29) is 0 Å². The lowest BCUT2D eigenvalue weighted by molar-refractivity contribution is 0.142. The maximum Gasteiger partial charge on any atom is 0.00174 e. The molecular weight excluding hydrogens is 202 g/mol. The van der Waals surface area contributed by atoms with Gasteiger partial charge in [0.1, 0.15) is 0 Å². The first-order valence-electron chi connectivity index (χ1n) is 6.50. The maximum atomic E-state index is 4.42. The molecule has 0 spiro atoms. The largest absolute Gasteiger partial charge is 0.303 e. The van der Waals surface area contributed by atoms with Gasteiger partial charge in [-0.15, -0.1) is 0 Å². The molecule has 0 N–H and O–H groups in total. The summed E-state index contributed by atoms with van der Waals surface area (Å²) in [5.74, 6) is 3.68. The van der Waals surface area contributed by atoms with Crippen LogP contribution in [0, 0.1) is 17.8 Å². The smallest absolute Gasteiger partial charge is 0.00174 e. The Kier molecular flexibility index (Phi) is 6.06. The quantitative estimate of drug-likeness (QED) is 0.708. The van der Waals surface area contributed by atoms with Crippen molar-refractivity contribution in [2.24, 2.45) is 17.8 Å². The van der Waals surface area contributed by atoms with Crippen LogP contribution >= 0.6 is 12.6 Å². The van der Waals surface area contributed by atoms with Gasteiger partial charge in [0.2, 0.25) is 0 Å². The Balaban J connectivity index is 2.25. The van der Waals surface area contributed by atoms with Crippen LogP contribution in [0.3, 0.4) is 0 Å². The summed E-state index contributed by atoms with van der Waals surface area (Å²) in [6.45, 7) is 10.9. The van der Waals surface area contributed by atoms with Crippen LogP contribution in [0.1, 0.15) is 40.0 Å². The molecular formula is C13H27NS. The standard InChI is InChI=1S/C13H27NS/c1-4-12(10-15)9-14-7-5-13(6-8-14)11(2)3/h11-13,15H,4-10H2,1-3H3. The van der Waals surface area contributed by atoms with Crippen molar-refractivity contribution >= 4 is 12.6 Å². The fraction of sp³-hybridized carbons (Fsp3) is 1.00. The first-order valence-corrected chi connectivity index (χ1v) is 7.13. The molecule has 0 aromatic heterocycles. The summed E-state index contributed by atoms with van der Waals surface area (Å²) in [4.78, 5) is 2.64. The van der Waals surface area contributed by atoms with Crippen molar-refractivity contribution in [2.45, 2.75) is 40.0 Å². The van der Waals surface area contributed by atoms with Gasteiger partial charge in [-0.2, -0.15) is 12.6 Å². The zero-order chi connectivity index (χ0) is 11.3. The second kappa shape index (κ2) is 6.80. The van der Waals surface area contributed by atoms with Gasteiger partial charge in [-0.1, -0.05) is 27.2 Å². The topological polar surface area (TPSA) is 3.24 Å². The van der Waals surface area contributed by atoms with Crippen molar-refractivity contribution in [1.29, 1.82) is 0 Å². The van der Waals surface area contributed by atoms with E-state index in [9.17, 15) is 0 Å². The Bertz CT molecular complexity index is 158. The van der Waals surface area contributed by atoms with E-state index in [1.54, 1.807) is 0 Å². The predicted molar refractivity (Wildman–Crippen MR) is 71.6 cm³/mol. The van der Waals surface area contributed by atoms with Crippen molar-refractivity contribution in [1.82, 2.24) is 4.90 Å². The summed E-state index contributed by atoms with van der Waals surface area (Å²) in [6.07, 6.45) is 4.08. The molecule has 1 heterocycles. The van der Waals surface area contributed by atoms with E-state index >= 15 is 0 Å². The Labute approximate surface area is 101 Å². The minimum atomic E-state index is 0.795. The molecule has 0 saturated carbocycles. The SMILES string of the molecule is CCC(CS)CN1CCC(C(C)C)CC1. The van der Waals surface area contributed by atoms with E-state index in [2.05, 4.69) is 38.3 Å². The van der Waals surface area contributed by atoms with Crippen LogP contribution in [0.15, 0.2) is 0 Å². The number of rotatable bonds is 5. The summed E-state index contributed by atoms with van der Waals surface area (Å²) in [7, 11) is 0. The highest BCUT2D eigenvalue weighted by Crippen LogP contribution is 2.25. The third-order valence-electron chi connectivity index (χ3n) is 3.93. The van der Waals surface area contributed by atoms with Crippen molar-refractivity contribution < 1.29 is 0 Å². The molecule has 0 aliphatic carbocycles. The van der Waals surface area contributed by atoms with Crippen LogP contribution in [-0.2, 0) is 0 Å². The van der Waals surface area contributed by atoms with Crippen LogP contribution < -0.4 is 0 Å². The fourth-order valence-corrected chi connectivity index (χ4v) is 2.86. The molecule has 1 aliphatic rings. The molecule has 0 aromatic rings. The monoisotopic (exact) mass is 229 g/mol. The van der Waals surface area contributed by atoms with Crippen molar-refractivity contribution in [3.63, 3.8) is 0 Å². The van der Waals surface area contributed by atoms with Gasteiger partial charge in [0.05, 0.1) is 0 Å². The lowest BCUT2D eigenvalue weighted by Crippen LogP contribution is -2.38. The van der Waals surface area contributed by atoms with Gasteiger partial charge in [-0.3, -0.25) is 0 Å². The van der Waals surface area contributed by atoms with Crippen molar-refractivity contribution in [2.75, 3.05) is 25.4 Å². The van der Waals surface area contributed by atoms with Gasteiger partial charge < -0.3 is 4.90 Å². The van der Waals surface area contributed by atoms with Gasteiger partial charge in [-0.05, 0) is 49.4 Å². The first-order chi connectivity index (χ1) is 7.17. The average Bonchev–Trinajstić information content (AvgIpc) is 2.26. The summed E-state index contributed by atoms with van der Waals surface area (Å²) in [5, 5.41) is 0. The summed E-state index contributed by atoms with van der Waals surface area (Å²) in [5.41, 5.74) is 0. The molecule has 1 unspecified atom stereocenters. The average molecular weight is 229 g/mol. The van der Waals surface area contributed by atoms with Crippen LogP contribution in [0.5, 0.6) is 0 Å². The molecule has 1 saturated heterocycles. The van der Waals surface area contributed by atoms with Crippen molar-refractivity contribution in [3.05, 3.63) is 0 Å². The van der Waals surface area contributed by atoms with Gasteiger partial charge in [0.25, 0.3) is 0 Å². The van der Waals surface area contributed by atoms with Crippen LogP contribution in [0.2, 0.25) is 0 Å². The Hall–Kier alpha value is 0.310. The Morgan fingerprint density at radius 3 is 2.27 bits per heavy atom. The van der Waals surface area contributed by atoms with E-state index in [4.69, 9.17) is 0 Å². The molecule has 0 radical (unpaired) electrons. The first kappa shape index (κ1) is 13.4. The zero-order valence-corrected chi connectivity index (χ0v) is 11.5. The van der Waals surface area contributed by atoms with Gasteiger partial charge in [0.15, 0.2) is 0 Å². The molecule has 2 heteroatoms. The van der Waals surface area contributed by atoms with E-state index in [0.717, 1.165) is 23.5 Å². The third kappa shape index (κ3) is 4.36. The normalized spacial score (nSPS) is 22.2. The lowest BCUT2D eigenvalue weighted by atomic mass is 9.86. The second-order valence-corrected chi connectivity index (χ2v) is 5.70. The molecule has 0 bridgehead atoms. The number of nitrogens with zero attached hydrogens (tertiary/aromatic N) is 1. The number of likely N-dealkylation sites (tertiary alicyclic amines) is 1. The number of hydrogen-bond donors (Lipinski definition) is 1. The minimum Gasteiger partial charge on any atom is -0.303 e. The molecule has 90 valence electrons. The molecule has 1 nitrogen and oxygen atoms in total. The molecule has 1 atom stereocenters. The highest BCUT2D eigenvalue weighted by atomic mass is 32.1. The van der Waals surface area contributed by atoms with Crippen LogP contribution in [0.4, 0.5) is 0 Å². The summed E-state index contributed by atoms with van der Waals surface area (Å²) in [6, 6.07) is 0. The Morgan fingerprint density at radius 1 is 1.27 bits per heavy atom. The van der Waals surface area contributed by atoms with Gasteiger partial charge >= 0.3 is 0 Å². The zero-order valence-electron chi connectivity index (χ0n) is 10.6. The highest BCUT2D eigenvalue weighted by molar-refractivity contribution is 7.80. The van der Waals surface area contributed by atoms with E-state index in [1.807, 2.05) is 0 Å². The fourth-order valence-electron chi connectivity index (χ4n) is 2.48. The van der Waals surface area contributed by atoms with Crippen LogP contribution in [-0.4, -0.2) is 30.3 Å². The molecule has 0 amide bonds. The molecule has 0 aromatic carbocycles. The summed E-state index contributed by atoms with van der Waals surface area (Å²) >= 11 is 4.42. The molecule has 1 fully saturated rings. The van der Waals surface area contributed by atoms with Gasteiger partial charge in [-0.25, -0.2) is 0 Å². The van der Waals surface area contributed by atoms with E-state index < -0.39 is 0 Å². The van der Waals surface area contributed by atoms with E-state index in [1.165, 1.54) is 38.9 Å². The van der Waals surface area contributed by atoms with Crippen LogP contribution in [0.25, 0.3) is 0 Å². The minimum absolute atomic E-state index is 0.795. The number of hydrogen-bond acceptors (Lipinski definition) is 2. The highest BCUT2D eigenvalue weighted by Gasteiger charge is 2.22. The van der Waals surface area contributed by atoms with Gasteiger partial charge in [0, 0.05) is 6.54 Å². The molecule has 1 aliphatic heterocycles. The van der Waals surface area contributed by atoms with E-state index in [0.29, 0.717) is 0 Å². The number of thiol groups is 1. The third-order valence-corrected chi connectivity index (χ3v) is 4.44. The molecule has 15 heavy (non-hydrogen) atoms. The second-order valence-electron chi connectivity index (χ2n) is 5.34. The lowest BCUT2D eigenvalue weighted by Gasteiger charge is -2.35.